The lowest BCUT2D eigenvalue weighted by Crippen LogP contribution is -2.41. The maximum Gasteiger partial charge on any atom is 0.305 e. The quantitative estimate of drug-likeness (QED) is 0.481. The maximum absolute atomic E-state index is 11.1. The predicted molar refractivity (Wildman–Crippen MR) is 75.7 cm³/mol. The Balaban J connectivity index is 3.52. The monoisotopic (exact) mass is 258 g/mol. The molecule has 108 valence electrons. The Morgan fingerprint density at radius 2 is 1.78 bits per heavy atom. The van der Waals surface area contributed by atoms with E-state index < -0.39 is 0 Å². The summed E-state index contributed by atoms with van der Waals surface area (Å²) in [5, 5.41) is 3.37. The summed E-state index contributed by atoms with van der Waals surface area (Å²) in [6.07, 6.45) is 1.36. The number of nitrogens with zero attached hydrogens (tertiary/aromatic N) is 1. The molecule has 1 N–H and O–H groups in total. The molecule has 0 aliphatic rings. The third-order valence-corrected chi connectivity index (χ3v) is 2.91. The van der Waals surface area contributed by atoms with Gasteiger partial charge in [-0.1, -0.05) is 0 Å². The lowest BCUT2D eigenvalue weighted by molar-refractivity contribution is -0.143. The molecule has 4 nitrogen and oxygen atoms in total. The van der Waals surface area contributed by atoms with E-state index >= 15 is 0 Å². The number of ether oxygens (including phenoxy) is 1. The number of hydrogen-bond acceptors (Lipinski definition) is 4. The predicted octanol–water partition coefficient (Wildman–Crippen LogP) is 2.04. The van der Waals surface area contributed by atoms with Gasteiger partial charge < -0.3 is 10.1 Å². The highest BCUT2D eigenvalue weighted by Crippen LogP contribution is 2.03. The zero-order valence-electron chi connectivity index (χ0n) is 12.7. The number of rotatable bonds is 10. The number of hydrogen-bond donors (Lipinski definition) is 1. The lowest BCUT2D eigenvalue weighted by Gasteiger charge is -2.30. The summed E-state index contributed by atoms with van der Waals surface area (Å²) >= 11 is 0. The van der Waals surface area contributed by atoms with Crippen molar-refractivity contribution in [1.82, 2.24) is 10.2 Å². The first-order valence-corrected chi connectivity index (χ1v) is 7.11. The normalized spacial score (nSPS) is 11.6. The van der Waals surface area contributed by atoms with Gasteiger partial charge in [0.1, 0.15) is 0 Å². The fourth-order valence-electron chi connectivity index (χ4n) is 2.04. The molecule has 0 aliphatic carbocycles. The summed E-state index contributed by atoms with van der Waals surface area (Å²) in [6.45, 7) is 14.1. The highest BCUT2D eigenvalue weighted by atomic mass is 16.5. The standard InChI is InChI=1S/C14H30N2O2/c1-6-18-14(17)8-7-9-15-10-11-16(12(2)3)13(4)5/h12-13,15H,6-11H2,1-5H3. The summed E-state index contributed by atoms with van der Waals surface area (Å²) in [5.74, 6) is -0.0923. The Morgan fingerprint density at radius 3 is 2.28 bits per heavy atom. The molecule has 0 aromatic rings. The molecule has 0 saturated heterocycles. The van der Waals surface area contributed by atoms with Crippen molar-refractivity contribution in [3.63, 3.8) is 0 Å². The molecule has 0 atom stereocenters. The van der Waals surface area contributed by atoms with E-state index in [1.807, 2.05) is 6.92 Å². The van der Waals surface area contributed by atoms with E-state index in [1.165, 1.54) is 0 Å². The van der Waals surface area contributed by atoms with Crippen molar-refractivity contribution in [2.45, 2.75) is 59.5 Å². The van der Waals surface area contributed by atoms with Gasteiger partial charge >= 0.3 is 5.97 Å². The van der Waals surface area contributed by atoms with E-state index in [9.17, 15) is 4.79 Å². The first-order valence-electron chi connectivity index (χ1n) is 7.11. The lowest BCUT2D eigenvalue weighted by atomic mass is 10.2. The van der Waals surface area contributed by atoms with Crippen molar-refractivity contribution in [2.75, 3.05) is 26.2 Å². The Bertz CT molecular complexity index is 210. The van der Waals surface area contributed by atoms with Crippen molar-refractivity contribution in [3.05, 3.63) is 0 Å². The maximum atomic E-state index is 11.1. The van der Waals surface area contributed by atoms with Crippen LogP contribution in [0, 0.1) is 0 Å². The van der Waals surface area contributed by atoms with Gasteiger partial charge in [-0.05, 0) is 47.6 Å². The van der Waals surface area contributed by atoms with Crippen molar-refractivity contribution >= 4 is 5.97 Å². The summed E-state index contributed by atoms with van der Waals surface area (Å²) in [7, 11) is 0. The van der Waals surface area contributed by atoms with Crippen LogP contribution in [0.2, 0.25) is 0 Å². The van der Waals surface area contributed by atoms with Gasteiger partial charge in [0.15, 0.2) is 0 Å². The van der Waals surface area contributed by atoms with Gasteiger partial charge in [0, 0.05) is 31.6 Å². The molecule has 0 bridgehead atoms. The Labute approximate surface area is 112 Å². The Hall–Kier alpha value is -0.610. The van der Waals surface area contributed by atoms with Crippen LogP contribution in [0.5, 0.6) is 0 Å². The molecule has 0 aliphatic heterocycles. The minimum atomic E-state index is -0.0923. The second-order valence-corrected chi connectivity index (χ2v) is 5.08. The summed E-state index contributed by atoms with van der Waals surface area (Å²) in [4.78, 5) is 13.6. The molecule has 4 heteroatoms. The van der Waals surface area contributed by atoms with Gasteiger partial charge in [-0.25, -0.2) is 0 Å². The zero-order valence-corrected chi connectivity index (χ0v) is 12.7. The van der Waals surface area contributed by atoms with Crippen LogP contribution in [0.3, 0.4) is 0 Å². The van der Waals surface area contributed by atoms with Crippen LogP contribution in [-0.2, 0) is 9.53 Å². The van der Waals surface area contributed by atoms with Crippen LogP contribution in [-0.4, -0.2) is 49.2 Å². The summed E-state index contributed by atoms with van der Waals surface area (Å²) < 4.78 is 4.87. The van der Waals surface area contributed by atoms with E-state index in [0.29, 0.717) is 25.1 Å². The molecule has 0 aromatic heterocycles. The van der Waals surface area contributed by atoms with E-state index in [4.69, 9.17) is 4.74 Å². The van der Waals surface area contributed by atoms with Crippen molar-refractivity contribution < 1.29 is 9.53 Å². The molecule has 0 radical (unpaired) electrons. The van der Waals surface area contributed by atoms with Gasteiger partial charge in [0.05, 0.1) is 6.61 Å². The molecule has 0 amide bonds. The molecular formula is C14H30N2O2. The van der Waals surface area contributed by atoms with Crippen LogP contribution >= 0.6 is 0 Å². The smallest absolute Gasteiger partial charge is 0.305 e. The second kappa shape index (κ2) is 10.3. The van der Waals surface area contributed by atoms with Gasteiger partial charge in [-0.3, -0.25) is 9.69 Å². The summed E-state index contributed by atoms with van der Waals surface area (Å²) in [6, 6.07) is 1.15. The number of nitrogens with one attached hydrogen (secondary N) is 1. The number of esters is 1. The fraction of sp³-hybridized carbons (Fsp3) is 0.929. The van der Waals surface area contributed by atoms with Crippen molar-refractivity contribution in [3.8, 4) is 0 Å². The SMILES string of the molecule is CCOC(=O)CCCNCCN(C(C)C)C(C)C. The highest BCUT2D eigenvalue weighted by molar-refractivity contribution is 5.69. The first kappa shape index (κ1) is 17.4. The van der Waals surface area contributed by atoms with Crippen molar-refractivity contribution in [1.29, 1.82) is 0 Å². The number of carbonyl (C=O) groups excluding carboxylic acids is 1. The summed E-state index contributed by atoms with van der Waals surface area (Å²) in [5.41, 5.74) is 0. The molecular weight excluding hydrogens is 228 g/mol. The van der Waals surface area contributed by atoms with Crippen molar-refractivity contribution in [2.24, 2.45) is 0 Å². The van der Waals surface area contributed by atoms with Crippen LogP contribution in [0.1, 0.15) is 47.5 Å². The Kier molecular flexibility index (Phi) is 9.98. The first-order chi connectivity index (χ1) is 8.49. The minimum Gasteiger partial charge on any atom is -0.466 e. The topological polar surface area (TPSA) is 41.6 Å². The average Bonchev–Trinajstić information content (AvgIpc) is 2.27. The molecule has 0 fully saturated rings. The largest absolute Gasteiger partial charge is 0.466 e. The van der Waals surface area contributed by atoms with E-state index in [0.717, 1.165) is 26.1 Å². The highest BCUT2D eigenvalue weighted by Gasteiger charge is 2.11. The van der Waals surface area contributed by atoms with E-state index in [-0.39, 0.29) is 5.97 Å². The van der Waals surface area contributed by atoms with Gasteiger partial charge in [0.25, 0.3) is 0 Å². The third kappa shape index (κ3) is 8.48. The molecule has 0 spiro atoms. The van der Waals surface area contributed by atoms with Crippen LogP contribution < -0.4 is 5.32 Å². The van der Waals surface area contributed by atoms with E-state index in [1.54, 1.807) is 0 Å². The molecule has 0 rings (SSSR count). The van der Waals surface area contributed by atoms with Crippen LogP contribution in [0.4, 0.5) is 0 Å². The molecule has 18 heavy (non-hydrogen) atoms. The van der Waals surface area contributed by atoms with Gasteiger partial charge in [-0.2, -0.15) is 0 Å². The Morgan fingerprint density at radius 1 is 1.17 bits per heavy atom. The van der Waals surface area contributed by atoms with Crippen LogP contribution in [0.15, 0.2) is 0 Å². The van der Waals surface area contributed by atoms with Gasteiger partial charge in [-0.15, -0.1) is 0 Å². The average molecular weight is 258 g/mol. The fourth-order valence-corrected chi connectivity index (χ4v) is 2.04. The second-order valence-electron chi connectivity index (χ2n) is 5.08. The molecule has 0 heterocycles. The number of carbonyl (C=O) groups is 1. The third-order valence-electron chi connectivity index (χ3n) is 2.91. The van der Waals surface area contributed by atoms with Crippen LogP contribution in [0.25, 0.3) is 0 Å². The molecule has 0 saturated carbocycles. The molecule has 0 unspecified atom stereocenters. The minimum absolute atomic E-state index is 0.0923. The molecule has 0 aromatic carbocycles. The van der Waals surface area contributed by atoms with Gasteiger partial charge in [0.2, 0.25) is 0 Å². The zero-order chi connectivity index (χ0) is 14.0. The van der Waals surface area contributed by atoms with E-state index in [2.05, 4.69) is 37.9 Å².